The summed E-state index contributed by atoms with van der Waals surface area (Å²) in [4.78, 5) is 10.7. The number of amides is 1. The Hall–Kier alpha value is -1.70. The quantitative estimate of drug-likeness (QED) is 0.838. The number of halogens is 5. The van der Waals surface area contributed by atoms with E-state index < -0.39 is 24.0 Å². The van der Waals surface area contributed by atoms with Gasteiger partial charge in [-0.1, -0.05) is 12.1 Å². The van der Waals surface area contributed by atoms with Gasteiger partial charge in [0.15, 0.2) is 0 Å². The molecule has 0 radical (unpaired) electrons. The molecule has 1 aromatic carbocycles. The molecule has 1 aromatic rings. The second-order valence-corrected chi connectivity index (χ2v) is 3.90. The highest BCUT2D eigenvalue weighted by Gasteiger charge is 2.61. The number of nitrogens with one attached hydrogen (secondary N) is 1. The van der Waals surface area contributed by atoms with Gasteiger partial charge in [-0.2, -0.15) is 22.0 Å². The van der Waals surface area contributed by atoms with Gasteiger partial charge in [0.05, 0.1) is 0 Å². The molecule has 0 bridgehead atoms. The van der Waals surface area contributed by atoms with Crippen molar-refractivity contribution in [1.29, 1.82) is 0 Å². The molecule has 0 aliphatic heterocycles. The molecule has 0 aromatic heterocycles. The average Bonchev–Trinajstić information content (AvgIpc) is 2.26. The van der Waals surface area contributed by atoms with Gasteiger partial charge in [-0.05, 0) is 17.7 Å². The highest BCUT2D eigenvalue weighted by atomic mass is 19.4. The van der Waals surface area contributed by atoms with Crippen LogP contribution in [0, 0.1) is 0 Å². The SMILES string of the molecule is CC(=O)Nc1ccc([C@@H](N)C(F)(F)C(F)(F)F)cc1. The second kappa shape index (κ2) is 5.12. The molecule has 0 heterocycles. The summed E-state index contributed by atoms with van der Waals surface area (Å²) in [5.74, 6) is -5.42. The predicted octanol–water partition coefficient (Wildman–Crippen LogP) is 2.84. The molecule has 8 heteroatoms. The summed E-state index contributed by atoms with van der Waals surface area (Å²) in [6, 6.07) is 1.91. The summed E-state index contributed by atoms with van der Waals surface area (Å²) in [5.41, 5.74) is 4.85. The van der Waals surface area contributed by atoms with Crippen molar-refractivity contribution in [1.82, 2.24) is 0 Å². The molecule has 106 valence electrons. The maximum absolute atomic E-state index is 13.0. The summed E-state index contributed by atoms with van der Waals surface area (Å²) in [5, 5.41) is 2.35. The number of anilines is 1. The van der Waals surface area contributed by atoms with Crippen molar-refractivity contribution in [2.75, 3.05) is 5.32 Å². The lowest BCUT2D eigenvalue weighted by molar-refractivity contribution is -0.291. The number of carbonyl (C=O) groups is 1. The van der Waals surface area contributed by atoms with E-state index in [0.717, 1.165) is 12.1 Å². The molecule has 19 heavy (non-hydrogen) atoms. The van der Waals surface area contributed by atoms with Crippen LogP contribution in [0.3, 0.4) is 0 Å². The van der Waals surface area contributed by atoms with Crippen molar-refractivity contribution in [3.05, 3.63) is 29.8 Å². The number of hydrogen-bond acceptors (Lipinski definition) is 2. The van der Waals surface area contributed by atoms with Crippen LogP contribution in [0.25, 0.3) is 0 Å². The van der Waals surface area contributed by atoms with Crippen molar-refractivity contribution in [3.8, 4) is 0 Å². The fourth-order valence-electron chi connectivity index (χ4n) is 1.36. The number of carbonyl (C=O) groups excluding carboxylic acids is 1. The first-order valence-electron chi connectivity index (χ1n) is 5.13. The third-order valence-corrected chi connectivity index (χ3v) is 2.36. The minimum atomic E-state index is -5.72. The Morgan fingerprint density at radius 3 is 2.00 bits per heavy atom. The van der Waals surface area contributed by atoms with E-state index >= 15 is 0 Å². The van der Waals surface area contributed by atoms with E-state index in [2.05, 4.69) is 5.32 Å². The van der Waals surface area contributed by atoms with E-state index in [9.17, 15) is 26.7 Å². The van der Waals surface area contributed by atoms with Gasteiger partial charge in [0.25, 0.3) is 0 Å². The van der Waals surface area contributed by atoms with Crippen molar-refractivity contribution in [2.24, 2.45) is 5.73 Å². The highest BCUT2D eigenvalue weighted by molar-refractivity contribution is 5.88. The van der Waals surface area contributed by atoms with Gasteiger partial charge < -0.3 is 11.1 Å². The molecule has 0 saturated heterocycles. The largest absolute Gasteiger partial charge is 0.455 e. The van der Waals surface area contributed by atoms with Gasteiger partial charge in [-0.15, -0.1) is 0 Å². The van der Waals surface area contributed by atoms with E-state index in [1.807, 2.05) is 0 Å². The molecule has 1 rings (SSSR count). The van der Waals surface area contributed by atoms with Crippen molar-refractivity contribution >= 4 is 11.6 Å². The maximum Gasteiger partial charge on any atom is 0.455 e. The second-order valence-electron chi connectivity index (χ2n) is 3.90. The van der Waals surface area contributed by atoms with Crippen LogP contribution in [-0.2, 0) is 4.79 Å². The fraction of sp³-hybridized carbons (Fsp3) is 0.364. The van der Waals surface area contributed by atoms with E-state index in [-0.39, 0.29) is 11.3 Å². The standard InChI is InChI=1S/C11H11F5N2O/c1-6(19)18-8-4-2-7(3-5-8)9(17)10(12,13)11(14,15)16/h2-5,9H,17H2,1H3,(H,18,19)/t9-/m1/s1. The Morgan fingerprint density at radius 2 is 1.63 bits per heavy atom. The van der Waals surface area contributed by atoms with E-state index in [1.54, 1.807) is 0 Å². The maximum atomic E-state index is 13.0. The molecule has 3 nitrogen and oxygen atoms in total. The van der Waals surface area contributed by atoms with Gasteiger partial charge in [0.2, 0.25) is 5.91 Å². The lowest BCUT2D eigenvalue weighted by Gasteiger charge is -2.26. The topological polar surface area (TPSA) is 55.1 Å². The van der Waals surface area contributed by atoms with E-state index in [4.69, 9.17) is 5.73 Å². The van der Waals surface area contributed by atoms with Gasteiger partial charge in [0.1, 0.15) is 6.04 Å². The first-order valence-corrected chi connectivity index (χ1v) is 5.13. The van der Waals surface area contributed by atoms with Crippen LogP contribution in [0.15, 0.2) is 24.3 Å². The van der Waals surface area contributed by atoms with Crippen molar-refractivity contribution < 1.29 is 26.7 Å². The Kier molecular flexibility index (Phi) is 4.14. The molecular weight excluding hydrogens is 271 g/mol. The number of hydrogen-bond donors (Lipinski definition) is 2. The third-order valence-electron chi connectivity index (χ3n) is 2.36. The first kappa shape index (κ1) is 15.4. The Labute approximate surface area is 105 Å². The Morgan fingerprint density at radius 1 is 1.16 bits per heavy atom. The smallest absolute Gasteiger partial charge is 0.326 e. The van der Waals surface area contributed by atoms with Crippen LogP contribution in [-0.4, -0.2) is 18.0 Å². The minimum absolute atomic E-state index is 0.277. The number of nitrogens with two attached hydrogens (primary N) is 1. The number of alkyl halides is 5. The van der Waals surface area contributed by atoms with Crippen molar-refractivity contribution in [2.45, 2.75) is 25.1 Å². The zero-order valence-corrected chi connectivity index (χ0v) is 9.76. The number of benzene rings is 1. The summed E-state index contributed by atoms with van der Waals surface area (Å²) in [7, 11) is 0. The van der Waals surface area contributed by atoms with Crippen molar-refractivity contribution in [3.63, 3.8) is 0 Å². The summed E-state index contributed by atoms with van der Waals surface area (Å²) in [6.07, 6.45) is -5.72. The number of rotatable bonds is 3. The lowest BCUT2D eigenvalue weighted by atomic mass is 10.0. The summed E-state index contributed by atoms with van der Waals surface area (Å²) >= 11 is 0. The molecule has 0 saturated carbocycles. The van der Waals surface area contributed by atoms with Crippen LogP contribution in [0.1, 0.15) is 18.5 Å². The average molecular weight is 282 g/mol. The van der Waals surface area contributed by atoms with Gasteiger partial charge in [-0.25, -0.2) is 0 Å². The van der Waals surface area contributed by atoms with Gasteiger partial charge >= 0.3 is 12.1 Å². The molecule has 3 N–H and O–H groups in total. The highest BCUT2D eigenvalue weighted by Crippen LogP contribution is 2.43. The normalized spacial score (nSPS) is 14.1. The van der Waals surface area contributed by atoms with E-state index in [0.29, 0.717) is 0 Å². The van der Waals surface area contributed by atoms with Gasteiger partial charge in [0, 0.05) is 12.6 Å². The third kappa shape index (κ3) is 3.40. The molecule has 0 aliphatic carbocycles. The summed E-state index contributed by atoms with van der Waals surface area (Å²) < 4.78 is 62.4. The van der Waals surface area contributed by atoms with Gasteiger partial charge in [-0.3, -0.25) is 4.79 Å². The van der Waals surface area contributed by atoms with E-state index in [1.165, 1.54) is 19.1 Å². The predicted molar refractivity (Wildman–Crippen MR) is 58.7 cm³/mol. The summed E-state index contributed by atoms with van der Waals surface area (Å²) in [6.45, 7) is 1.23. The van der Waals surface area contributed by atoms with Crippen LogP contribution in [0.4, 0.5) is 27.6 Å². The molecular formula is C11H11F5N2O. The van der Waals surface area contributed by atoms with Crippen LogP contribution in [0.5, 0.6) is 0 Å². The molecule has 1 atom stereocenters. The molecule has 0 fully saturated rings. The Bertz CT molecular complexity index is 455. The molecule has 0 spiro atoms. The first-order chi connectivity index (χ1) is 8.55. The van der Waals surface area contributed by atoms with Crippen LogP contribution < -0.4 is 11.1 Å². The minimum Gasteiger partial charge on any atom is -0.326 e. The monoisotopic (exact) mass is 282 g/mol. The molecule has 0 unspecified atom stereocenters. The van der Waals surface area contributed by atoms with Crippen LogP contribution in [0.2, 0.25) is 0 Å². The van der Waals surface area contributed by atoms with Crippen LogP contribution >= 0.6 is 0 Å². The Balaban J connectivity index is 2.95. The zero-order valence-electron chi connectivity index (χ0n) is 9.76. The molecule has 1 amide bonds. The fourth-order valence-corrected chi connectivity index (χ4v) is 1.36. The molecule has 0 aliphatic rings. The lowest BCUT2D eigenvalue weighted by Crippen LogP contribution is -2.45. The zero-order chi connectivity index (χ0) is 14.8.